The second kappa shape index (κ2) is 11.8. The molecule has 1 aromatic heterocycles. The molecule has 0 atom stereocenters. The summed E-state index contributed by atoms with van der Waals surface area (Å²) in [5.74, 6) is -0.382. The highest BCUT2D eigenvalue weighted by Gasteiger charge is 2.14. The molecule has 0 bridgehead atoms. The SMILES string of the molecule is COS(=O)(=O)[O-].CO[n+]1cccc(CN=NCC(=O)c2cc(C(C)=O)c(N)cc2C)c1. The lowest BCUT2D eigenvalue weighted by molar-refractivity contribution is -0.885. The monoisotopic (exact) mass is 452 g/mol. The Hall–Kier alpha value is -3.22. The number of ketones is 2. The fourth-order valence-corrected chi connectivity index (χ4v) is 2.37. The molecule has 12 heteroatoms. The number of aryl methyl sites for hydroxylation is 1. The van der Waals surface area contributed by atoms with E-state index in [2.05, 4.69) is 14.4 Å². The molecule has 0 aliphatic rings. The van der Waals surface area contributed by atoms with E-state index in [1.165, 1.54) is 13.0 Å². The van der Waals surface area contributed by atoms with Crippen molar-refractivity contribution in [2.24, 2.45) is 10.2 Å². The molecule has 2 N–H and O–H groups in total. The normalized spacial score (nSPS) is 11.0. The Labute approximate surface area is 180 Å². The highest BCUT2D eigenvalue weighted by atomic mass is 32.3. The van der Waals surface area contributed by atoms with Gasteiger partial charge in [-0.25, -0.2) is 8.42 Å². The lowest BCUT2D eigenvalue weighted by Gasteiger charge is -2.08. The van der Waals surface area contributed by atoms with Crippen molar-refractivity contribution in [1.29, 1.82) is 0 Å². The number of anilines is 1. The van der Waals surface area contributed by atoms with Gasteiger partial charge >= 0.3 is 0 Å². The van der Waals surface area contributed by atoms with Crippen LogP contribution in [0.15, 0.2) is 46.9 Å². The number of carbonyl (C=O) groups excluding carboxylic acids is 2. The summed E-state index contributed by atoms with van der Waals surface area (Å²) >= 11 is 0. The Balaban J connectivity index is 0.000000703. The second-order valence-corrected chi connectivity index (χ2v) is 7.31. The van der Waals surface area contributed by atoms with E-state index in [1.54, 1.807) is 37.2 Å². The molecule has 2 rings (SSSR count). The number of rotatable bonds is 8. The topological polar surface area (TPSA) is 164 Å². The van der Waals surface area contributed by atoms with Crippen molar-refractivity contribution >= 4 is 27.7 Å². The fraction of sp³-hybridized carbons (Fsp3) is 0.316. The molecule has 0 saturated carbocycles. The van der Waals surface area contributed by atoms with Gasteiger partial charge in [-0.1, -0.05) is 0 Å². The van der Waals surface area contributed by atoms with Crippen LogP contribution in [0.2, 0.25) is 0 Å². The lowest BCUT2D eigenvalue weighted by atomic mass is 9.98. The third-order valence-electron chi connectivity index (χ3n) is 3.90. The first-order valence-corrected chi connectivity index (χ1v) is 10.2. The summed E-state index contributed by atoms with van der Waals surface area (Å²) in [5.41, 5.74) is 8.60. The fourth-order valence-electron chi connectivity index (χ4n) is 2.37. The zero-order chi connectivity index (χ0) is 23.6. The maximum absolute atomic E-state index is 12.3. The Morgan fingerprint density at radius 1 is 1.19 bits per heavy atom. The van der Waals surface area contributed by atoms with Gasteiger partial charge in [0.2, 0.25) is 22.8 Å². The smallest absolute Gasteiger partial charge is 0.227 e. The zero-order valence-electron chi connectivity index (χ0n) is 17.6. The summed E-state index contributed by atoms with van der Waals surface area (Å²) in [6, 6.07) is 6.89. The molecule has 0 radical (unpaired) electrons. The molecule has 0 aliphatic carbocycles. The van der Waals surface area contributed by atoms with E-state index < -0.39 is 10.4 Å². The van der Waals surface area contributed by atoms with Crippen LogP contribution in [0.25, 0.3) is 0 Å². The van der Waals surface area contributed by atoms with Gasteiger partial charge in [0.25, 0.3) is 0 Å². The van der Waals surface area contributed by atoms with Crippen LogP contribution >= 0.6 is 0 Å². The van der Waals surface area contributed by atoms with Crippen LogP contribution in [0.4, 0.5) is 5.69 Å². The van der Waals surface area contributed by atoms with Crippen LogP contribution in [0.5, 0.6) is 0 Å². The summed E-state index contributed by atoms with van der Waals surface area (Å²) in [6.45, 7) is 3.45. The maximum atomic E-state index is 12.3. The molecule has 1 aromatic carbocycles. The summed E-state index contributed by atoms with van der Waals surface area (Å²) in [5, 5.41) is 7.98. The molecule has 2 aromatic rings. The molecule has 31 heavy (non-hydrogen) atoms. The molecule has 0 amide bonds. The number of pyridine rings is 1. The second-order valence-electron chi connectivity index (χ2n) is 6.16. The quantitative estimate of drug-likeness (QED) is 0.155. The van der Waals surface area contributed by atoms with E-state index in [1.807, 2.05) is 12.1 Å². The van der Waals surface area contributed by atoms with Crippen molar-refractivity contribution < 1.29 is 36.3 Å². The van der Waals surface area contributed by atoms with E-state index in [0.29, 0.717) is 28.9 Å². The van der Waals surface area contributed by atoms with Crippen molar-refractivity contribution in [2.45, 2.75) is 20.4 Å². The van der Waals surface area contributed by atoms with Crippen molar-refractivity contribution in [2.75, 3.05) is 26.5 Å². The van der Waals surface area contributed by atoms with Gasteiger partial charge in [-0.15, -0.1) is 0 Å². The molecular weight excluding hydrogens is 428 g/mol. The predicted octanol–water partition coefficient (Wildman–Crippen LogP) is 1.05. The highest BCUT2D eigenvalue weighted by molar-refractivity contribution is 7.80. The average molecular weight is 452 g/mol. The van der Waals surface area contributed by atoms with Gasteiger partial charge in [0.15, 0.2) is 11.6 Å². The summed E-state index contributed by atoms with van der Waals surface area (Å²) in [7, 11) is -2.04. The van der Waals surface area contributed by atoms with Gasteiger partial charge in [-0.05, 0) is 37.6 Å². The number of hydrogen-bond acceptors (Lipinski definition) is 10. The molecule has 168 valence electrons. The maximum Gasteiger partial charge on any atom is 0.227 e. The van der Waals surface area contributed by atoms with Crippen LogP contribution in [0.1, 0.15) is 38.8 Å². The van der Waals surface area contributed by atoms with E-state index >= 15 is 0 Å². The van der Waals surface area contributed by atoms with E-state index in [-0.39, 0.29) is 18.1 Å². The lowest BCUT2D eigenvalue weighted by Crippen LogP contribution is -2.39. The first-order valence-electron chi connectivity index (χ1n) is 8.82. The van der Waals surface area contributed by atoms with E-state index in [4.69, 9.17) is 10.6 Å². The van der Waals surface area contributed by atoms with Gasteiger partial charge < -0.3 is 10.3 Å². The van der Waals surface area contributed by atoms with Gasteiger partial charge in [0.05, 0.1) is 13.7 Å². The molecule has 1 heterocycles. The summed E-state index contributed by atoms with van der Waals surface area (Å²) in [6.07, 6.45) is 3.55. The van der Waals surface area contributed by atoms with Crippen LogP contribution in [-0.4, -0.2) is 45.3 Å². The molecule has 0 unspecified atom stereocenters. The van der Waals surface area contributed by atoms with Crippen molar-refractivity contribution in [3.8, 4) is 0 Å². The van der Waals surface area contributed by atoms with E-state index in [9.17, 15) is 22.6 Å². The number of Topliss-reactive ketones (excluding diaryl/α,β-unsaturated/α-hetero) is 2. The first kappa shape index (κ1) is 25.8. The van der Waals surface area contributed by atoms with Crippen LogP contribution in [0, 0.1) is 6.92 Å². The summed E-state index contributed by atoms with van der Waals surface area (Å²) in [4.78, 5) is 29.0. The summed E-state index contributed by atoms with van der Waals surface area (Å²) < 4.78 is 32.6. The molecule has 0 spiro atoms. The third-order valence-corrected chi connectivity index (χ3v) is 4.30. The number of aromatic nitrogens is 1. The van der Waals surface area contributed by atoms with Crippen LogP contribution in [-0.2, 0) is 21.1 Å². The van der Waals surface area contributed by atoms with E-state index in [0.717, 1.165) is 12.7 Å². The Morgan fingerprint density at radius 3 is 2.39 bits per heavy atom. The number of nitrogens with two attached hydrogens (primary N) is 1. The third kappa shape index (κ3) is 8.99. The minimum atomic E-state index is -4.41. The van der Waals surface area contributed by atoms with Crippen molar-refractivity contribution in [3.05, 3.63) is 58.9 Å². The molecule has 0 fully saturated rings. The highest BCUT2D eigenvalue weighted by Crippen LogP contribution is 2.20. The number of azo groups is 1. The minimum absolute atomic E-state index is 0.0841. The molecule has 0 saturated heterocycles. The Morgan fingerprint density at radius 2 is 1.84 bits per heavy atom. The number of hydrogen-bond donors (Lipinski definition) is 1. The molecular formula is C19H24N4O7S. The Bertz CT molecular complexity index is 1070. The van der Waals surface area contributed by atoms with Crippen LogP contribution in [0.3, 0.4) is 0 Å². The minimum Gasteiger partial charge on any atom is -0.726 e. The van der Waals surface area contributed by atoms with Gasteiger partial charge in [0, 0.05) is 33.2 Å². The van der Waals surface area contributed by atoms with Gasteiger partial charge in [-0.3, -0.25) is 18.6 Å². The average Bonchev–Trinajstić information content (AvgIpc) is 2.71. The molecule has 11 nitrogen and oxygen atoms in total. The van der Waals surface area contributed by atoms with Gasteiger partial charge in [-0.2, -0.15) is 10.2 Å². The Kier molecular flexibility index (Phi) is 9.86. The number of nitrogens with zero attached hydrogens (tertiary/aromatic N) is 3. The number of nitrogen functional groups attached to an aromatic ring is 1. The standard InChI is InChI=1S/C18H20N4O3.CH4O4S/c1-12-7-17(19)16(13(2)23)8-15(12)18(24)10-21-20-9-14-5-4-6-22(11-14)25-3;1-5-6(2,3)4/h4-8,11H,9-10H2,1-3H3,(H-,19,23,24);1H3,(H,2,3,4). The van der Waals surface area contributed by atoms with Crippen molar-refractivity contribution in [3.63, 3.8) is 0 Å². The first-order chi connectivity index (χ1) is 14.5. The predicted molar refractivity (Wildman–Crippen MR) is 109 cm³/mol. The van der Waals surface area contributed by atoms with Crippen LogP contribution < -0.4 is 15.3 Å². The van der Waals surface area contributed by atoms with Gasteiger partial charge in [0.1, 0.15) is 13.7 Å². The number of benzene rings is 1. The van der Waals surface area contributed by atoms with Crippen molar-refractivity contribution in [1.82, 2.24) is 0 Å². The number of carbonyl (C=O) groups is 2. The molecule has 0 aliphatic heterocycles. The largest absolute Gasteiger partial charge is 0.726 e. The zero-order valence-corrected chi connectivity index (χ0v) is 18.4.